The molecule has 0 aliphatic heterocycles. The topological polar surface area (TPSA) is 65.4 Å². The molecule has 38 heavy (non-hydrogen) atoms. The van der Waals surface area contributed by atoms with E-state index < -0.39 is 5.97 Å². The third-order valence-corrected chi connectivity index (χ3v) is 8.27. The maximum Gasteiger partial charge on any atom is 0.316 e. The summed E-state index contributed by atoms with van der Waals surface area (Å²) in [5.74, 6) is 0.0317. The zero-order valence-corrected chi connectivity index (χ0v) is 23.0. The Labute approximate surface area is 227 Å². The Morgan fingerprint density at radius 2 is 1.66 bits per heavy atom. The molecule has 1 aliphatic carbocycles. The summed E-state index contributed by atoms with van der Waals surface area (Å²) in [5.41, 5.74) is 5.91. The van der Waals surface area contributed by atoms with Crippen LogP contribution in [0.25, 0.3) is 21.9 Å². The van der Waals surface area contributed by atoms with E-state index in [9.17, 15) is 14.4 Å². The fourth-order valence-electron chi connectivity index (χ4n) is 5.20. The highest BCUT2D eigenvalue weighted by molar-refractivity contribution is 8.00. The molecule has 1 aliphatic rings. The van der Waals surface area contributed by atoms with E-state index in [0.717, 1.165) is 51.1 Å². The van der Waals surface area contributed by atoms with Crippen LogP contribution >= 0.6 is 11.8 Å². The highest BCUT2D eigenvalue weighted by Gasteiger charge is 2.25. The lowest BCUT2D eigenvalue weighted by Gasteiger charge is -2.21. The van der Waals surface area contributed by atoms with Crippen molar-refractivity contribution in [2.24, 2.45) is 5.92 Å². The molecule has 5 nitrogen and oxygen atoms in total. The number of thioether (sulfide) groups is 1. The average molecular weight is 526 g/mol. The first-order chi connectivity index (χ1) is 18.3. The Morgan fingerprint density at radius 1 is 0.921 bits per heavy atom. The third kappa shape index (κ3) is 4.81. The quantitative estimate of drug-likeness (QED) is 0.117. The number of Topliss-reactive ketones (excluding diaryl/α,β-unsaturated/α-hetero) is 1. The second-order valence-electron chi connectivity index (χ2n) is 10.2. The van der Waals surface area contributed by atoms with Gasteiger partial charge in [0.25, 0.3) is 0 Å². The van der Waals surface area contributed by atoms with Gasteiger partial charge in [-0.1, -0.05) is 62.4 Å². The van der Waals surface area contributed by atoms with Crippen molar-refractivity contribution >= 4 is 40.1 Å². The van der Waals surface area contributed by atoms with Crippen LogP contribution in [0.3, 0.4) is 0 Å². The molecule has 194 valence electrons. The summed E-state index contributed by atoms with van der Waals surface area (Å²) < 4.78 is 7.52. The molecule has 0 radical (unpaired) electrons. The van der Waals surface area contributed by atoms with Gasteiger partial charge < -0.3 is 9.30 Å². The summed E-state index contributed by atoms with van der Waals surface area (Å²) in [4.78, 5) is 39.5. The molecule has 0 atom stereocenters. The minimum Gasteiger partial charge on any atom is -0.457 e. The number of nitrogens with zero attached hydrogens (tertiary/aromatic N) is 1. The number of aromatic nitrogens is 1. The summed E-state index contributed by atoms with van der Waals surface area (Å²) in [5, 5.41) is 1.85. The van der Waals surface area contributed by atoms with E-state index in [1.54, 1.807) is 0 Å². The summed E-state index contributed by atoms with van der Waals surface area (Å²) in [6, 6.07) is 19.3. The smallest absolute Gasteiger partial charge is 0.316 e. The molecule has 0 N–H and O–H groups in total. The Bertz CT molecular complexity index is 1580. The van der Waals surface area contributed by atoms with Gasteiger partial charge in [-0.2, -0.15) is 0 Å². The van der Waals surface area contributed by atoms with Gasteiger partial charge in [-0.25, -0.2) is 0 Å². The highest BCUT2D eigenvalue weighted by Crippen LogP contribution is 2.42. The van der Waals surface area contributed by atoms with Crippen LogP contribution in [-0.4, -0.2) is 34.5 Å². The zero-order valence-electron chi connectivity index (χ0n) is 22.2. The molecule has 3 aromatic carbocycles. The molecule has 4 aromatic rings. The second kappa shape index (κ2) is 10.6. The lowest BCUT2D eigenvalue weighted by molar-refractivity contribution is -0.139. The zero-order chi connectivity index (χ0) is 27.0. The Balaban J connectivity index is 1.27. The fourth-order valence-corrected chi connectivity index (χ4v) is 6.04. The van der Waals surface area contributed by atoms with Crippen LogP contribution in [0.1, 0.15) is 57.9 Å². The minimum absolute atomic E-state index is 0.0161. The number of ether oxygens (including phenoxy) is 1. The van der Waals surface area contributed by atoms with Gasteiger partial charge in [-0.3, -0.25) is 14.4 Å². The number of hydrogen-bond donors (Lipinski definition) is 0. The predicted molar refractivity (Wildman–Crippen MR) is 152 cm³/mol. The number of rotatable bonds is 9. The molecule has 0 saturated carbocycles. The normalized spacial score (nSPS) is 12.2. The Kier molecular flexibility index (Phi) is 7.26. The van der Waals surface area contributed by atoms with E-state index in [1.165, 1.54) is 11.8 Å². The number of carbonyl (C=O) groups is 3. The second-order valence-corrected chi connectivity index (χ2v) is 11.2. The molecule has 6 heteroatoms. The number of hydrogen-bond acceptors (Lipinski definition) is 5. The van der Waals surface area contributed by atoms with Gasteiger partial charge in [-0.05, 0) is 54.8 Å². The first-order valence-corrected chi connectivity index (χ1v) is 13.9. The van der Waals surface area contributed by atoms with E-state index >= 15 is 0 Å². The largest absolute Gasteiger partial charge is 0.457 e. The molecule has 0 saturated heterocycles. The number of benzene rings is 3. The number of ketones is 2. The van der Waals surface area contributed by atoms with Crippen LogP contribution in [0.5, 0.6) is 0 Å². The van der Waals surface area contributed by atoms with Crippen molar-refractivity contribution in [1.82, 2.24) is 4.57 Å². The monoisotopic (exact) mass is 525 g/mol. The molecule has 1 aromatic heterocycles. The number of esters is 1. The van der Waals surface area contributed by atoms with Crippen LogP contribution in [0.2, 0.25) is 0 Å². The van der Waals surface area contributed by atoms with Crippen LogP contribution in [0.4, 0.5) is 0 Å². The van der Waals surface area contributed by atoms with E-state index in [0.29, 0.717) is 22.6 Å². The predicted octanol–water partition coefficient (Wildman–Crippen LogP) is 7.03. The molecule has 5 rings (SSSR count). The van der Waals surface area contributed by atoms with E-state index in [4.69, 9.17) is 4.74 Å². The van der Waals surface area contributed by atoms with Crippen LogP contribution < -0.4 is 0 Å². The molecule has 1 heterocycles. The van der Waals surface area contributed by atoms with E-state index in [2.05, 4.69) is 18.4 Å². The van der Waals surface area contributed by atoms with Crippen molar-refractivity contribution < 1.29 is 19.1 Å². The molecule has 0 bridgehead atoms. The maximum atomic E-state index is 13.1. The van der Waals surface area contributed by atoms with Crippen molar-refractivity contribution in [3.63, 3.8) is 0 Å². The third-order valence-electron chi connectivity index (χ3n) is 7.22. The first kappa shape index (κ1) is 26.0. The standard InChI is InChI=1S/C32H31NO4S/c1-19(2)14-15-33-20(3)16-27(21(33)4)28(34)17-37-30(35)18-38-29-13-12-23-22-8-5-6-9-24(22)32(36)26-11-7-10-25(29)31(23)26/h5-13,16,19H,14-15,17-18H2,1-4H3. The van der Waals surface area contributed by atoms with Gasteiger partial charge in [0, 0.05) is 44.9 Å². The van der Waals surface area contributed by atoms with Gasteiger partial charge in [0.05, 0.1) is 5.75 Å². The van der Waals surface area contributed by atoms with Crippen molar-refractivity contribution in [3.05, 3.63) is 88.7 Å². The maximum absolute atomic E-state index is 13.1. The Morgan fingerprint density at radius 3 is 2.42 bits per heavy atom. The van der Waals surface area contributed by atoms with Crippen molar-refractivity contribution in [2.45, 2.75) is 45.6 Å². The number of fused-ring (bicyclic) bond motifs is 2. The summed E-state index contributed by atoms with van der Waals surface area (Å²) in [6.45, 7) is 8.90. The van der Waals surface area contributed by atoms with Gasteiger partial charge in [0.1, 0.15) is 0 Å². The molecule has 0 amide bonds. The van der Waals surface area contributed by atoms with Gasteiger partial charge in [0.2, 0.25) is 5.78 Å². The summed E-state index contributed by atoms with van der Waals surface area (Å²) in [7, 11) is 0. The Hall–Kier alpha value is -3.64. The van der Waals surface area contributed by atoms with Gasteiger partial charge >= 0.3 is 5.97 Å². The molecular formula is C32H31NO4S. The lowest BCUT2D eigenvalue weighted by Crippen LogP contribution is -2.16. The summed E-state index contributed by atoms with van der Waals surface area (Å²) >= 11 is 1.36. The van der Waals surface area contributed by atoms with Gasteiger partial charge in [-0.15, -0.1) is 11.8 Å². The minimum atomic E-state index is -0.445. The SMILES string of the molecule is Cc1cc(C(=O)COC(=O)CSc2ccc3c4c(cccc24)C(=O)c2ccccc2-3)c(C)n1CCC(C)C. The van der Waals surface area contributed by atoms with Crippen molar-refractivity contribution in [3.8, 4) is 11.1 Å². The molecule has 0 spiro atoms. The first-order valence-electron chi connectivity index (χ1n) is 12.9. The molecule has 0 unspecified atom stereocenters. The lowest BCUT2D eigenvalue weighted by atomic mass is 9.83. The van der Waals surface area contributed by atoms with Gasteiger partial charge in [0.15, 0.2) is 12.4 Å². The van der Waals surface area contributed by atoms with E-state index in [1.807, 2.05) is 74.5 Å². The molecule has 0 fully saturated rings. The number of carbonyl (C=O) groups excluding carboxylic acids is 3. The van der Waals surface area contributed by atoms with Crippen LogP contribution in [0, 0.1) is 19.8 Å². The average Bonchev–Trinajstić information content (AvgIpc) is 3.20. The van der Waals surface area contributed by atoms with Crippen molar-refractivity contribution in [2.75, 3.05) is 12.4 Å². The van der Waals surface area contributed by atoms with Crippen LogP contribution in [-0.2, 0) is 16.1 Å². The van der Waals surface area contributed by atoms with Crippen molar-refractivity contribution in [1.29, 1.82) is 0 Å². The highest BCUT2D eigenvalue weighted by atomic mass is 32.2. The van der Waals surface area contributed by atoms with Crippen LogP contribution in [0.15, 0.2) is 65.6 Å². The summed E-state index contributed by atoms with van der Waals surface area (Å²) in [6.07, 6.45) is 1.04. The molecular weight excluding hydrogens is 494 g/mol. The van der Waals surface area contributed by atoms with E-state index in [-0.39, 0.29) is 23.9 Å². The fraction of sp³-hybridized carbons (Fsp3) is 0.281. The number of aryl methyl sites for hydroxylation is 1.